The van der Waals surface area contributed by atoms with Crippen molar-refractivity contribution in [1.29, 1.82) is 0 Å². The molecule has 4 rings (SSSR count). The maximum atomic E-state index is 6.28. The first-order valence-corrected chi connectivity index (χ1v) is 7.59. The van der Waals surface area contributed by atoms with Gasteiger partial charge in [0.1, 0.15) is 11.9 Å². The van der Waals surface area contributed by atoms with Gasteiger partial charge in [-0.15, -0.1) is 11.3 Å². The van der Waals surface area contributed by atoms with Crippen LogP contribution in [0.5, 0.6) is 5.75 Å². The smallest absolute Gasteiger partial charge is 0.152 e. The number of hydrogen-bond donors (Lipinski definition) is 0. The second-order valence-corrected chi connectivity index (χ2v) is 5.86. The van der Waals surface area contributed by atoms with Crippen LogP contribution in [-0.2, 0) is 4.74 Å². The van der Waals surface area contributed by atoms with Crippen LogP contribution in [-0.4, -0.2) is 12.7 Å². The maximum Gasteiger partial charge on any atom is 0.152 e. The van der Waals surface area contributed by atoms with Crippen molar-refractivity contribution >= 4 is 21.4 Å². The van der Waals surface area contributed by atoms with Crippen molar-refractivity contribution < 1.29 is 9.47 Å². The van der Waals surface area contributed by atoms with Crippen molar-refractivity contribution in [3.8, 4) is 5.75 Å². The Labute approximate surface area is 121 Å². The Morgan fingerprint density at radius 2 is 1.90 bits per heavy atom. The van der Waals surface area contributed by atoms with Gasteiger partial charge in [-0.05, 0) is 29.1 Å². The summed E-state index contributed by atoms with van der Waals surface area (Å²) in [5.41, 5.74) is 1.17. The van der Waals surface area contributed by atoms with Crippen LogP contribution in [0.1, 0.15) is 11.7 Å². The van der Waals surface area contributed by atoms with Crippen molar-refractivity contribution in [3.05, 3.63) is 65.5 Å². The van der Waals surface area contributed by atoms with Crippen molar-refractivity contribution in [3.63, 3.8) is 0 Å². The van der Waals surface area contributed by atoms with E-state index in [0.717, 1.165) is 12.4 Å². The van der Waals surface area contributed by atoms with E-state index >= 15 is 0 Å². The molecular weight excluding hydrogens is 268 g/mol. The van der Waals surface area contributed by atoms with Crippen LogP contribution in [0.4, 0.5) is 0 Å². The van der Waals surface area contributed by atoms with E-state index in [2.05, 4.69) is 29.6 Å². The Morgan fingerprint density at radius 3 is 2.70 bits per heavy atom. The minimum atomic E-state index is -0.0262. The molecular formula is C17H14O2S. The zero-order valence-corrected chi connectivity index (χ0v) is 11.7. The molecule has 1 aromatic heterocycles. The number of thiophene rings is 1. The fraction of sp³-hybridized carbons (Fsp3) is 0.176. The lowest BCUT2D eigenvalue weighted by Gasteiger charge is -2.18. The molecule has 2 nitrogen and oxygen atoms in total. The quantitative estimate of drug-likeness (QED) is 0.661. The largest absolute Gasteiger partial charge is 0.482 e. The van der Waals surface area contributed by atoms with Crippen molar-refractivity contribution in [2.75, 3.05) is 6.61 Å². The highest BCUT2D eigenvalue weighted by atomic mass is 32.1. The Balaban J connectivity index is 1.70. The summed E-state index contributed by atoms with van der Waals surface area (Å²) in [6.45, 7) is 0.777. The Bertz CT molecular complexity index is 716. The monoisotopic (exact) mass is 282 g/mol. The van der Waals surface area contributed by atoms with E-state index in [1.54, 1.807) is 11.3 Å². The molecule has 20 heavy (non-hydrogen) atoms. The lowest BCUT2D eigenvalue weighted by atomic mass is 10.1. The molecule has 0 radical (unpaired) electrons. The Kier molecular flexibility index (Phi) is 2.94. The lowest BCUT2D eigenvalue weighted by molar-refractivity contribution is 0.163. The highest BCUT2D eigenvalue weighted by Gasteiger charge is 2.36. The van der Waals surface area contributed by atoms with Crippen LogP contribution in [0.3, 0.4) is 0 Å². The van der Waals surface area contributed by atoms with Crippen LogP contribution >= 0.6 is 11.3 Å². The summed E-state index contributed by atoms with van der Waals surface area (Å²) in [4.78, 5) is 0. The molecule has 100 valence electrons. The van der Waals surface area contributed by atoms with Crippen molar-refractivity contribution in [2.24, 2.45) is 0 Å². The van der Waals surface area contributed by atoms with E-state index in [9.17, 15) is 0 Å². The summed E-state index contributed by atoms with van der Waals surface area (Å²) in [5, 5.41) is 3.28. The molecule has 2 aromatic carbocycles. The topological polar surface area (TPSA) is 21.8 Å². The van der Waals surface area contributed by atoms with Gasteiger partial charge in [-0.1, -0.05) is 36.4 Å². The summed E-state index contributed by atoms with van der Waals surface area (Å²) in [5.74, 6) is 0.938. The average molecular weight is 282 g/mol. The molecule has 0 saturated carbocycles. The molecule has 3 aromatic rings. The predicted molar refractivity (Wildman–Crippen MR) is 81.4 cm³/mol. The molecule has 1 fully saturated rings. The first-order chi connectivity index (χ1) is 9.92. The molecule has 0 bridgehead atoms. The van der Waals surface area contributed by atoms with Gasteiger partial charge in [0, 0.05) is 10.1 Å². The Hall–Kier alpha value is -1.84. The number of hydrogen-bond acceptors (Lipinski definition) is 3. The van der Waals surface area contributed by atoms with Gasteiger partial charge < -0.3 is 9.47 Å². The molecule has 1 saturated heterocycles. The Morgan fingerprint density at radius 1 is 1.05 bits per heavy atom. The predicted octanol–water partition coefficient (Wildman–Crippen LogP) is 4.42. The minimum Gasteiger partial charge on any atom is -0.482 e. The van der Waals surface area contributed by atoms with Gasteiger partial charge in [-0.25, -0.2) is 0 Å². The standard InChI is InChI=1S/C17H14O2S/c1-2-5-12(6-3-1)17(15-11-18-15)19-14-7-4-8-16-13(14)9-10-20-16/h1-10,15,17H,11H2. The first kappa shape index (κ1) is 11.9. The molecule has 0 spiro atoms. The molecule has 1 aliphatic rings. The van der Waals surface area contributed by atoms with E-state index in [1.165, 1.54) is 15.6 Å². The molecule has 0 N–H and O–H groups in total. The summed E-state index contributed by atoms with van der Waals surface area (Å²) >= 11 is 1.74. The van der Waals surface area contributed by atoms with Crippen molar-refractivity contribution in [1.82, 2.24) is 0 Å². The summed E-state index contributed by atoms with van der Waals surface area (Å²) in [7, 11) is 0. The highest BCUT2D eigenvalue weighted by Crippen LogP contribution is 2.36. The third kappa shape index (κ3) is 2.19. The summed E-state index contributed by atoms with van der Waals surface area (Å²) in [6, 6.07) is 18.6. The molecule has 2 unspecified atom stereocenters. The fourth-order valence-electron chi connectivity index (χ4n) is 2.44. The zero-order valence-electron chi connectivity index (χ0n) is 10.9. The number of fused-ring (bicyclic) bond motifs is 1. The molecule has 1 aliphatic heterocycles. The van der Waals surface area contributed by atoms with Gasteiger partial charge in [0.15, 0.2) is 6.10 Å². The maximum absolute atomic E-state index is 6.28. The normalized spacial score (nSPS) is 18.9. The first-order valence-electron chi connectivity index (χ1n) is 6.71. The molecule has 2 atom stereocenters. The van der Waals surface area contributed by atoms with Gasteiger partial charge in [-0.3, -0.25) is 0 Å². The molecule has 0 amide bonds. The third-order valence-electron chi connectivity index (χ3n) is 3.53. The molecule has 2 heterocycles. The van der Waals surface area contributed by atoms with Gasteiger partial charge in [-0.2, -0.15) is 0 Å². The lowest BCUT2D eigenvalue weighted by Crippen LogP contribution is -2.14. The zero-order chi connectivity index (χ0) is 13.4. The van der Waals surface area contributed by atoms with Gasteiger partial charge >= 0.3 is 0 Å². The number of ether oxygens (including phenoxy) is 2. The molecule has 0 aliphatic carbocycles. The number of rotatable bonds is 4. The molecule has 3 heteroatoms. The van der Waals surface area contributed by atoms with Gasteiger partial charge in [0.2, 0.25) is 0 Å². The number of epoxide rings is 1. The van der Waals surface area contributed by atoms with Crippen LogP contribution in [0.2, 0.25) is 0 Å². The van der Waals surface area contributed by atoms with Crippen molar-refractivity contribution in [2.45, 2.75) is 12.2 Å². The van der Waals surface area contributed by atoms with Crippen LogP contribution in [0.15, 0.2) is 60.0 Å². The van der Waals surface area contributed by atoms with Gasteiger partial charge in [0.05, 0.1) is 6.61 Å². The summed E-state index contributed by atoms with van der Waals surface area (Å²) < 4.78 is 13.0. The van der Waals surface area contributed by atoms with E-state index < -0.39 is 0 Å². The summed E-state index contributed by atoms with van der Waals surface area (Å²) in [6.07, 6.45) is 0.146. The number of benzene rings is 2. The second-order valence-electron chi connectivity index (χ2n) is 4.91. The third-order valence-corrected chi connectivity index (χ3v) is 4.42. The van der Waals surface area contributed by atoms with Gasteiger partial charge in [0.25, 0.3) is 0 Å². The van der Waals surface area contributed by atoms with Crippen LogP contribution in [0.25, 0.3) is 10.1 Å². The minimum absolute atomic E-state index is 0.0262. The van der Waals surface area contributed by atoms with E-state index in [-0.39, 0.29) is 12.2 Å². The van der Waals surface area contributed by atoms with Crippen LogP contribution in [0, 0.1) is 0 Å². The second kappa shape index (κ2) is 4.93. The van der Waals surface area contributed by atoms with E-state index in [0.29, 0.717) is 0 Å². The SMILES string of the molecule is c1ccc(C(Oc2cccc3sccc23)C2CO2)cc1. The average Bonchev–Trinajstić information content (AvgIpc) is 3.22. The van der Waals surface area contributed by atoms with Crippen LogP contribution < -0.4 is 4.74 Å². The van der Waals surface area contributed by atoms with E-state index in [1.807, 2.05) is 30.3 Å². The fourth-order valence-corrected chi connectivity index (χ4v) is 3.24. The highest BCUT2D eigenvalue weighted by molar-refractivity contribution is 7.17. The van der Waals surface area contributed by atoms with E-state index in [4.69, 9.17) is 9.47 Å².